The first-order valence-corrected chi connectivity index (χ1v) is 6.13. The van der Waals surface area contributed by atoms with Gasteiger partial charge in [-0.05, 0) is 38.8 Å². The normalized spacial score (nSPS) is 12.6. The number of para-hydroxylation sites is 1. The summed E-state index contributed by atoms with van der Waals surface area (Å²) in [6, 6.07) is 6.01. The van der Waals surface area contributed by atoms with E-state index < -0.39 is 0 Å². The highest BCUT2D eigenvalue weighted by atomic mass is 16.5. The third kappa shape index (κ3) is 3.63. The largest absolute Gasteiger partial charge is 0.493 e. The van der Waals surface area contributed by atoms with E-state index in [1.807, 2.05) is 26.0 Å². The van der Waals surface area contributed by atoms with Gasteiger partial charge in [-0.1, -0.05) is 19.1 Å². The predicted octanol–water partition coefficient (Wildman–Crippen LogP) is 2.93. The summed E-state index contributed by atoms with van der Waals surface area (Å²) in [7, 11) is 1.67. The Labute approximate surface area is 104 Å². The van der Waals surface area contributed by atoms with Crippen molar-refractivity contribution in [3.63, 3.8) is 0 Å². The lowest BCUT2D eigenvalue weighted by atomic mass is 9.96. The molecular formula is C14H23NO2. The molecule has 3 heteroatoms. The van der Waals surface area contributed by atoms with E-state index in [1.165, 1.54) is 5.56 Å². The minimum atomic E-state index is 0.134. The first-order chi connectivity index (χ1) is 8.10. The van der Waals surface area contributed by atoms with Crippen LogP contribution in [0.1, 0.15) is 38.7 Å². The average molecular weight is 237 g/mol. The highest BCUT2D eigenvalue weighted by Crippen LogP contribution is 2.37. The van der Waals surface area contributed by atoms with Crippen molar-refractivity contribution in [1.29, 1.82) is 0 Å². The SMILES string of the molecule is COc1cccc(C(C)CCN)c1OC(C)C. The van der Waals surface area contributed by atoms with E-state index >= 15 is 0 Å². The van der Waals surface area contributed by atoms with E-state index in [-0.39, 0.29) is 6.10 Å². The summed E-state index contributed by atoms with van der Waals surface area (Å²) in [6.07, 6.45) is 1.08. The van der Waals surface area contributed by atoms with Gasteiger partial charge in [0.05, 0.1) is 13.2 Å². The van der Waals surface area contributed by atoms with Crippen LogP contribution in [0.25, 0.3) is 0 Å². The Kier molecular flexibility index (Phi) is 5.29. The molecule has 0 fully saturated rings. The molecule has 0 aliphatic carbocycles. The van der Waals surface area contributed by atoms with Gasteiger partial charge in [0.2, 0.25) is 0 Å². The number of ether oxygens (including phenoxy) is 2. The minimum absolute atomic E-state index is 0.134. The molecule has 1 aromatic carbocycles. The minimum Gasteiger partial charge on any atom is -0.493 e. The lowest BCUT2D eigenvalue weighted by molar-refractivity contribution is 0.226. The van der Waals surface area contributed by atoms with Crippen LogP contribution in [0.5, 0.6) is 11.5 Å². The smallest absolute Gasteiger partial charge is 0.164 e. The highest BCUT2D eigenvalue weighted by Gasteiger charge is 2.16. The number of benzene rings is 1. The standard InChI is InChI=1S/C14H23NO2/c1-10(2)17-14-12(11(3)8-9-15)6-5-7-13(14)16-4/h5-7,10-11H,8-9,15H2,1-4H3. The van der Waals surface area contributed by atoms with Crippen molar-refractivity contribution >= 4 is 0 Å². The fourth-order valence-electron chi connectivity index (χ4n) is 1.85. The maximum atomic E-state index is 5.87. The van der Waals surface area contributed by atoms with Crippen molar-refractivity contribution in [2.45, 2.75) is 39.2 Å². The molecule has 0 amide bonds. The molecule has 0 heterocycles. The second-order valence-corrected chi connectivity index (χ2v) is 4.52. The van der Waals surface area contributed by atoms with Crippen LogP contribution < -0.4 is 15.2 Å². The Balaban J connectivity index is 3.09. The van der Waals surface area contributed by atoms with Crippen LogP contribution in [-0.4, -0.2) is 19.8 Å². The first-order valence-electron chi connectivity index (χ1n) is 6.13. The Hall–Kier alpha value is -1.22. The summed E-state index contributed by atoms with van der Waals surface area (Å²) in [5.41, 5.74) is 6.79. The van der Waals surface area contributed by atoms with E-state index in [0.717, 1.165) is 17.9 Å². The first kappa shape index (κ1) is 13.8. The van der Waals surface area contributed by atoms with Gasteiger partial charge in [-0.15, -0.1) is 0 Å². The summed E-state index contributed by atoms with van der Waals surface area (Å²) in [4.78, 5) is 0. The summed E-state index contributed by atoms with van der Waals surface area (Å²) in [6.45, 7) is 6.88. The molecule has 0 aliphatic heterocycles. The van der Waals surface area contributed by atoms with Gasteiger partial charge in [0.15, 0.2) is 11.5 Å². The molecular weight excluding hydrogens is 214 g/mol. The molecule has 0 aromatic heterocycles. The molecule has 3 nitrogen and oxygen atoms in total. The number of rotatable bonds is 6. The molecule has 0 saturated heterocycles. The summed E-state index contributed by atoms with van der Waals surface area (Å²) < 4.78 is 11.2. The number of methoxy groups -OCH3 is 1. The van der Waals surface area contributed by atoms with E-state index in [1.54, 1.807) is 7.11 Å². The van der Waals surface area contributed by atoms with Crippen LogP contribution in [0.3, 0.4) is 0 Å². The number of nitrogens with two attached hydrogens (primary N) is 1. The topological polar surface area (TPSA) is 44.5 Å². The van der Waals surface area contributed by atoms with Gasteiger partial charge >= 0.3 is 0 Å². The van der Waals surface area contributed by atoms with Crippen molar-refractivity contribution in [3.8, 4) is 11.5 Å². The molecule has 96 valence electrons. The van der Waals surface area contributed by atoms with Gasteiger partial charge in [0.25, 0.3) is 0 Å². The molecule has 0 saturated carbocycles. The average Bonchev–Trinajstić information content (AvgIpc) is 2.28. The molecule has 0 radical (unpaired) electrons. The summed E-state index contributed by atoms with van der Waals surface area (Å²) >= 11 is 0. The van der Waals surface area contributed by atoms with E-state index in [9.17, 15) is 0 Å². The van der Waals surface area contributed by atoms with Gasteiger partial charge in [-0.3, -0.25) is 0 Å². The maximum Gasteiger partial charge on any atom is 0.164 e. The zero-order valence-electron chi connectivity index (χ0n) is 11.2. The number of hydrogen-bond acceptors (Lipinski definition) is 3. The highest BCUT2D eigenvalue weighted by molar-refractivity contribution is 5.48. The summed E-state index contributed by atoms with van der Waals surface area (Å²) in [5.74, 6) is 2.02. The lowest BCUT2D eigenvalue weighted by Crippen LogP contribution is -2.11. The van der Waals surface area contributed by atoms with Crippen LogP contribution in [0, 0.1) is 0 Å². The Morgan fingerprint density at radius 2 is 1.94 bits per heavy atom. The van der Waals surface area contributed by atoms with E-state index in [4.69, 9.17) is 15.2 Å². The van der Waals surface area contributed by atoms with Crippen molar-refractivity contribution in [2.24, 2.45) is 5.73 Å². The van der Waals surface area contributed by atoms with Gasteiger partial charge in [-0.2, -0.15) is 0 Å². The molecule has 1 rings (SSSR count). The Morgan fingerprint density at radius 3 is 2.47 bits per heavy atom. The molecule has 0 aliphatic rings. The van der Waals surface area contributed by atoms with E-state index in [0.29, 0.717) is 12.5 Å². The van der Waals surface area contributed by atoms with Crippen molar-refractivity contribution in [1.82, 2.24) is 0 Å². The fraction of sp³-hybridized carbons (Fsp3) is 0.571. The van der Waals surface area contributed by atoms with Gasteiger partial charge in [-0.25, -0.2) is 0 Å². The van der Waals surface area contributed by atoms with Gasteiger partial charge < -0.3 is 15.2 Å². The Bertz CT molecular complexity index is 350. The van der Waals surface area contributed by atoms with Crippen LogP contribution in [-0.2, 0) is 0 Å². The second kappa shape index (κ2) is 6.50. The lowest BCUT2D eigenvalue weighted by Gasteiger charge is -2.20. The quantitative estimate of drug-likeness (QED) is 0.827. The summed E-state index contributed by atoms with van der Waals surface area (Å²) in [5, 5.41) is 0. The van der Waals surface area contributed by atoms with Crippen LogP contribution in [0.4, 0.5) is 0 Å². The van der Waals surface area contributed by atoms with Crippen molar-refractivity contribution in [2.75, 3.05) is 13.7 Å². The monoisotopic (exact) mass is 237 g/mol. The van der Waals surface area contributed by atoms with Crippen LogP contribution in [0.15, 0.2) is 18.2 Å². The molecule has 1 atom stereocenters. The molecule has 17 heavy (non-hydrogen) atoms. The predicted molar refractivity (Wildman–Crippen MR) is 70.8 cm³/mol. The molecule has 1 aromatic rings. The molecule has 0 spiro atoms. The second-order valence-electron chi connectivity index (χ2n) is 4.52. The van der Waals surface area contributed by atoms with Crippen molar-refractivity contribution < 1.29 is 9.47 Å². The van der Waals surface area contributed by atoms with Gasteiger partial charge in [0.1, 0.15) is 0 Å². The molecule has 0 bridgehead atoms. The fourth-order valence-corrected chi connectivity index (χ4v) is 1.85. The third-order valence-electron chi connectivity index (χ3n) is 2.71. The van der Waals surface area contributed by atoms with Crippen LogP contribution >= 0.6 is 0 Å². The molecule has 1 unspecified atom stereocenters. The number of hydrogen-bond donors (Lipinski definition) is 1. The third-order valence-corrected chi connectivity index (χ3v) is 2.71. The zero-order chi connectivity index (χ0) is 12.8. The molecule has 2 N–H and O–H groups in total. The zero-order valence-corrected chi connectivity index (χ0v) is 11.2. The van der Waals surface area contributed by atoms with Crippen LogP contribution in [0.2, 0.25) is 0 Å². The van der Waals surface area contributed by atoms with E-state index in [2.05, 4.69) is 13.0 Å². The van der Waals surface area contributed by atoms with Gasteiger partial charge in [0, 0.05) is 5.56 Å². The van der Waals surface area contributed by atoms with Crippen molar-refractivity contribution in [3.05, 3.63) is 23.8 Å². The Morgan fingerprint density at radius 1 is 1.24 bits per heavy atom. The maximum absolute atomic E-state index is 5.87.